The third-order valence-electron chi connectivity index (χ3n) is 3.47. The van der Waals surface area contributed by atoms with Gasteiger partial charge in [0.05, 0.1) is 12.4 Å². The summed E-state index contributed by atoms with van der Waals surface area (Å²) in [5.74, 6) is 0.716. The SMILES string of the molecule is c1ccc(N(c2ccccc2)c2cnc3cncnc3n2)cc1. The lowest BCUT2D eigenvalue weighted by Gasteiger charge is -2.23. The highest BCUT2D eigenvalue weighted by Gasteiger charge is 2.14. The maximum absolute atomic E-state index is 4.64. The molecule has 0 aliphatic rings. The molecule has 110 valence electrons. The van der Waals surface area contributed by atoms with E-state index >= 15 is 0 Å². The van der Waals surface area contributed by atoms with Crippen molar-refractivity contribution < 1.29 is 0 Å². The van der Waals surface area contributed by atoms with Crippen LogP contribution < -0.4 is 4.90 Å². The molecular weight excluding hydrogens is 286 g/mol. The first-order valence-corrected chi connectivity index (χ1v) is 7.25. The standard InChI is InChI=1S/C18H13N5/c1-3-7-14(8-4-1)23(15-9-5-2-6-10-15)17-12-20-16-11-19-13-21-18(16)22-17/h1-13H. The second-order valence-corrected chi connectivity index (χ2v) is 4.97. The Labute approximate surface area is 133 Å². The van der Waals surface area contributed by atoms with E-state index in [0.717, 1.165) is 11.4 Å². The van der Waals surface area contributed by atoms with Crippen LogP contribution >= 0.6 is 0 Å². The van der Waals surface area contributed by atoms with Crippen molar-refractivity contribution in [3.05, 3.63) is 79.4 Å². The zero-order valence-corrected chi connectivity index (χ0v) is 12.2. The summed E-state index contributed by atoms with van der Waals surface area (Å²) in [7, 11) is 0. The normalized spacial score (nSPS) is 10.6. The van der Waals surface area contributed by atoms with E-state index in [0.29, 0.717) is 17.0 Å². The Balaban J connectivity index is 1.90. The number of hydrogen-bond donors (Lipinski definition) is 0. The molecule has 0 N–H and O–H groups in total. The molecule has 2 aromatic carbocycles. The van der Waals surface area contributed by atoms with Crippen molar-refractivity contribution in [3.8, 4) is 0 Å². The minimum absolute atomic E-state index is 0.578. The van der Waals surface area contributed by atoms with Crippen molar-refractivity contribution in [1.82, 2.24) is 19.9 Å². The summed E-state index contributed by atoms with van der Waals surface area (Å²) in [6.45, 7) is 0. The Morgan fingerprint density at radius 1 is 0.696 bits per heavy atom. The van der Waals surface area contributed by atoms with Crippen molar-refractivity contribution in [2.75, 3.05) is 4.90 Å². The molecule has 0 amide bonds. The molecule has 2 heterocycles. The van der Waals surface area contributed by atoms with Crippen LogP contribution in [0.15, 0.2) is 79.4 Å². The molecule has 0 bridgehead atoms. The third kappa shape index (κ3) is 2.60. The van der Waals surface area contributed by atoms with E-state index < -0.39 is 0 Å². The van der Waals surface area contributed by atoms with Crippen LogP contribution in [0.3, 0.4) is 0 Å². The van der Waals surface area contributed by atoms with E-state index in [1.165, 1.54) is 6.33 Å². The van der Waals surface area contributed by atoms with Crippen molar-refractivity contribution in [2.24, 2.45) is 0 Å². The van der Waals surface area contributed by atoms with Gasteiger partial charge in [-0.3, -0.25) is 4.90 Å². The van der Waals surface area contributed by atoms with Gasteiger partial charge >= 0.3 is 0 Å². The second kappa shape index (κ2) is 5.81. The summed E-state index contributed by atoms with van der Waals surface area (Å²) in [6, 6.07) is 20.2. The van der Waals surface area contributed by atoms with Crippen molar-refractivity contribution in [3.63, 3.8) is 0 Å². The Morgan fingerprint density at radius 3 is 2.00 bits per heavy atom. The van der Waals surface area contributed by atoms with E-state index in [1.54, 1.807) is 12.4 Å². The number of anilines is 3. The van der Waals surface area contributed by atoms with Gasteiger partial charge in [0, 0.05) is 11.4 Å². The molecule has 0 fully saturated rings. The molecule has 0 aliphatic carbocycles. The maximum Gasteiger partial charge on any atom is 0.183 e. The molecule has 23 heavy (non-hydrogen) atoms. The number of fused-ring (bicyclic) bond motifs is 1. The summed E-state index contributed by atoms with van der Waals surface area (Å²) in [6.07, 6.45) is 4.89. The summed E-state index contributed by atoms with van der Waals surface area (Å²) in [5.41, 5.74) is 3.29. The zero-order valence-electron chi connectivity index (χ0n) is 12.2. The average Bonchev–Trinajstić information content (AvgIpc) is 2.64. The van der Waals surface area contributed by atoms with Gasteiger partial charge in [0.2, 0.25) is 0 Å². The molecule has 0 radical (unpaired) electrons. The fourth-order valence-electron chi connectivity index (χ4n) is 2.43. The number of benzene rings is 2. The second-order valence-electron chi connectivity index (χ2n) is 4.97. The molecule has 4 aromatic rings. The molecule has 0 aliphatic heterocycles. The fraction of sp³-hybridized carbons (Fsp3) is 0. The van der Waals surface area contributed by atoms with Crippen LogP contribution in [0.1, 0.15) is 0 Å². The smallest absolute Gasteiger partial charge is 0.183 e. The lowest BCUT2D eigenvalue weighted by molar-refractivity contribution is 1.11. The lowest BCUT2D eigenvalue weighted by atomic mass is 10.2. The van der Waals surface area contributed by atoms with Gasteiger partial charge in [-0.05, 0) is 24.3 Å². The molecule has 0 spiro atoms. The average molecular weight is 299 g/mol. The van der Waals surface area contributed by atoms with Gasteiger partial charge in [-0.25, -0.2) is 19.9 Å². The van der Waals surface area contributed by atoms with Crippen LogP contribution in [-0.4, -0.2) is 19.9 Å². The highest BCUT2D eigenvalue weighted by Crippen LogP contribution is 2.32. The highest BCUT2D eigenvalue weighted by atomic mass is 15.2. The van der Waals surface area contributed by atoms with Gasteiger partial charge in [-0.15, -0.1) is 0 Å². The molecule has 4 rings (SSSR count). The molecule has 0 saturated carbocycles. The Morgan fingerprint density at radius 2 is 1.35 bits per heavy atom. The predicted octanol–water partition coefficient (Wildman–Crippen LogP) is 3.89. The molecule has 2 aromatic heterocycles. The van der Waals surface area contributed by atoms with Gasteiger partial charge in [-0.2, -0.15) is 0 Å². The van der Waals surface area contributed by atoms with Gasteiger partial charge < -0.3 is 0 Å². The molecule has 0 unspecified atom stereocenters. The van der Waals surface area contributed by atoms with Crippen LogP contribution in [0.2, 0.25) is 0 Å². The van der Waals surface area contributed by atoms with E-state index in [2.05, 4.69) is 24.8 Å². The molecular formula is C18H13N5. The first-order valence-electron chi connectivity index (χ1n) is 7.25. The van der Waals surface area contributed by atoms with Crippen molar-refractivity contribution >= 4 is 28.4 Å². The van der Waals surface area contributed by atoms with E-state index in [9.17, 15) is 0 Å². The Hall–Kier alpha value is -3.34. The van der Waals surface area contributed by atoms with Crippen molar-refractivity contribution in [1.29, 1.82) is 0 Å². The number of nitrogens with zero attached hydrogens (tertiary/aromatic N) is 5. The van der Waals surface area contributed by atoms with E-state index in [4.69, 9.17) is 0 Å². The first kappa shape index (κ1) is 13.3. The Bertz CT molecular complexity index is 886. The first-order chi connectivity index (χ1) is 11.4. The fourth-order valence-corrected chi connectivity index (χ4v) is 2.43. The summed E-state index contributed by atoms with van der Waals surface area (Å²) in [5, 5.41) is 0. The van der Waals surface area contributed by atoms with E-state index in [-0.39, 0.29) is 0 Å². The largest absolute Gasteiger partial charge is 0.294 e. The van der Waals surface area contributed by atoms with Crippen LogP contribution in [0.25, 0.3) is 11.2 Å². The maximum atomic E-state index is 4.64. The topological polar surface area (TPSA) is 54.8 Å². The predicted molar refractivity (Wildman–Crippen MR) is 89.8 cm³/mol. The minimum atomic E-state index is 0.578. The molecule has 0 atom stereocenters. The number of para-hydroxylation sites is 2. The number of aromatic nitrogens is 4. The van der Waals surface area contributed by atoms with Crippen LogP contribution in [0, 0.1) is 0 Å². The Kier molecular flexibility index (Phi) is 3.37. The van der Waals surface area contributed by atoms with Crippen LogP contribution in [-0.2, 0) is 0 Å². The highest BCUT2D eigenvalue weighted by molar-refractivity contribution is 5.77. The zero-order chi connectivity index (χ0) is 15.5. The van der Waals surface area contributed by atoms with Crippen LogP contribution in [0.5, 0.6) is 0 Å². The molecule has 5 heteroatoms. The lowest BCUT2D eigenvalue weighted by Crippen LogP contribution is -2.12. The van der Waals surface area contributed by atoms with Gasteiger partial charge in [0.15, 0.2) is 11.5 Å². The number of hydrogen-bond acceptors (Lipinski definition) is 5. The summed E-state index contributed by atoms with van der Waals surface area (Å²) < 4.78 is 0. The quantitative estimate of drug-likeness (QED) is 0.574. The minimum Gasteiger partial charge on any atom is -0.294 e. The van der Waals surface area contributed by atoms with Crippen molar-refractivity contribution in [2.45, 2.75) is 0 Å². The molecule has 5 nitrogen and oxygen atoms in total. The summed E-state index contributed by atoms with van der Waals surface area (Å²) >= 11 is 0. The van der Waals surface area contributed by atoms with Gasteiger partial charge in [0.25, 0.3) is 0 Å². The number of rotatable bonds is 3. The summed E-state index contributed by atoms with van der Waals surface area (Å²) in [4.78, 5) is 19.3. The molecule has 0 saturated heterocycles. The monoisotopic (exact) mass is 299 g/mol. The van der Waals surface area contributed by atoms with Gasteiger partial charge in [0.1, 0.15) is 11.8 Å². The van der Waals surface area contributed by atoms with Crippen LogP contribution in [0.4, 0.5) is 17.2 Å². The van der Waals surface area contributed by atoms with Gasteiger partial charge in [-0.1, -0.05) is 36.4 Å². The van der Waals surface area contributed by atoms with E-state index in [1.807, 2.05) is 60.7 Å². The third-order valence-corrected chi connectivity index (χ3v) is 3.47.